The van der Waals surface area contributed by atoms with Crippen LogP contribution >= 0.6 is 0 Å². The van der Waals surface area contributed by atoms with E-state index in [0.717, 1.165) is 57.8 Å². The highest BCUT2D eigenvalue weighted by molar-refractivity contribution is 5.76. The summed E-state index contributed by atoms with van der Waals surface area (Å²) in [4.78, 5) is 12.9. The number of allylic oxidation sites excluding steroid dienone is 2. The number of hydrogen-bond acceptors (Lipinski definition) is 7. The average molecular weight is 619 g/mol. The predicted molar refractivity (Wildman–Crippen MR) is 165 cm³/mol. The van der Waals surface area contributed by atoms with Gasteiger partial charge in [-0.25, -0.2) is 0 Å². The molecule has 0 spiro atoms. The first kappa shape index (κ1) is 32.9. The van der Waals surface area contributed by atoms with Crippen molar-refractivity contribution in [1.82, 2.24) is 0 Å². The van der Waals surface area contributed by atoms with Crippen molar-refractivity contribution in [2.75, 3.05) is 6.61 Å². The van der Waals surface area contributed by atoms with Crippen LogP contribution in [0.15, 0.2) is 11.6 Å². The second-order valence-electron chi connectivity index (χ2n) is 18.1. The number of rotatable bonds is 3. The van der Waals surface area contributed by atoms with Crippen LogP contribution in [0.5, 0.6) is 0 Å². The molecule has 8 nitrogen and oxygen atoms in total. The van der Waals surface area contributed by atoms with Crippen LogP contribution in [0.3, 0.4) is 0 Å². The van der Waals surface area contributed by atoms with Crippen LogP contribution < -0.4 is 0 Å². The summed E-state index contributed by atoms with van der Waals surface area (Å²) < 4.78 is 6.01. The number of aliphatic hydroxyl groups excluding tert-OH is 4. The Labute approximate surface area is 263 Å². The third kappa shape index (κ3) is 4.00. The molecule has 5 fully saturated rings. The first-order valence-electron chi connectivity index (χ1n) is 17.2. The molecule has 0 unspecified atom stereocenters. The van der Waals surface area contributed by atoms with Gasteiger partial charge in [0.1, 0.15) is 30.5 Å². The van der Waals surface area contributed by atoms with Gasteiger partial charge < -0.3 is 35.4 Å². The van der Waals surface area contributed by atoms with E-state index in [1.54, 1.807) is 0 Å². The Kier molecular flexibility index (Phi) is 7.47. The molecule has 0 bridgehead atoms. The molecule has 4 saturated carbocycles. The van der Waals surface area contributed by atoms with Gasteiger partial charge in [-0.3, -0.25) is 4.79 Å². The van der Waals surface area contributed by atoms with Crippen molar-refractivity contribution in [3.05, 3.63) is 11.6 Å². The highest BCUT2D eigenvalue weighted by Crippen LogP contribution is 2.76. The number of fused-ring (bicyclic) bond motifs is 7. The number of carboxylic acids is 1. The van der Waals surface area contributed by atoms with Crippen LogP contribution in [-0.2, 0) is 9.53 Å². The van der Waals surface area contributed by atoms with Gasteiger partial charge in [-0.1, -0.05) is 60.1 Å². The number of hydrogen-bond donors (Lipinski definition) is 6. The molecule has 0 radical (unpaired) electrons. The lowest BCUT2D eigenvalue weighted by molar-refractivity contribution is -0.319. The smallest absolute Gasteiger partial charge is 0.310 e. The Bertz CT molecular complexity index is 1210. The minimum Gasteiger partial charge on any atom is -0.481 e. The molecular formula is C36H58O8. The third-order valence-corrected chi connectivity index (χ3v) is 15.7. The van der Waals surface area contributed by atoms with Crippen molar-refractivity contribution in [2.24, 2.45) is 50.2 Å². The summed E-state index contributed by atoms with van der Waals surface area (Å²) in [5, 5.41) is 65.1. The van der Waals surface area contributed by atoms with E-state index in [0.29, 0.717) is 12.3 Å². The molecule has 0 aromatic rings. The molecular weight excluding hydrogens is 560 g/mol. The van der Waals surface area contributed by atoms with E-state index in [4.69, 9.17) is 4.74 Å². The van der Waals surface area contributed by atoms with Crippen molar-refractivity contribution in [3.8, 4) is 0 Å². The van der Waals surface area contributed by atoms with Crippen LogP contribution in [0.1, 0.15) is 113 Å². The summed E-state index contributed by atoms with van der Waals surface area (Å²) >= 11 is 0. The van der Waals surface area contributed by atoms with Gasteiger partial charge in [0.15, 0.2) is 0 Å². The summed E-state index contributed by atoms with van der Waals surface area (Å²) in [5.74, 6) is -0.113. The van der Waals surface area contributed by atoms with Crippen LogP contribution in [-0.4, -0.2) is 79.3 Å². The molecule has 6 rings (SSSR count). The molecule has 6 N–H and O–H groups in total. The van der Waals surface area contributed by atoms with Crippen LogP contribution in [0.25, 0.3) is 0 Å². The molecule has 1 heterocycles. The van der Waals surface area contributed by atoms with Gasteiger partial charge in [-0.05, 0) is 109 Å². The number of ether oxygens (including phenoxy) is 1. The van der Waals surface area contributed by atoms with Gasteiger partial charge in [0, 0.05) is 0 Å². The fraction of sp³-hybridized carbons (Fsp3) is 0.917. The monoisotopic (exact) mass is 618 g/mol. The molecule has 1 aliphatic heterocycles. The van der Waals surface area contributed by atoms with Gasteiger partial charge >= 0.3 is 5.97 Å². The SMILES string of the molecule is CC1(C)CC[C@]2(C(=O)O)CC[C@]3(C)C(=CC[C@@H]4[C@@]5(C)CC[C@@](O)([C@@H]6O[C@H](CO)[C@@H](O)[C@H](O)[C@H]6O)C(C)(C)[C@@H]5CC[C@]43C)[C@@H]2C1. The lowest BCUT2D eigenvalue weighted by Crippen LogP contribution is -2.73. The van der Waals surface area contributed by atoms with Crippen molar-refractivity contribution in [3.63, 3.8) is 0 Å². The van der Waals surface area contributed by atoms with Crippen molar-refractivity contribution < 1.29 is 40.2 Å². The Morgan fingerprint density at radius 1 is 0.864 bits per heavy atom. The largest absolute Gasteiger partial charge is 0.481 e. The standard InChI is InChI=1S/C36H58O8/c1-30(2)12-15-35(29(41)42)16-14-33(6)20(21(35)18-30)8-9-24-32(5)13-17-36(43,31(3,4)23(32)10-11-34(24,33)7)28-27(40)26(39)25(38)22(19-37)44-28/h8,21-28,37-40,43H,9-19H2,1-7H3,(H,41,42)/t21-,22+,23-,24+,25+,26-,27+,28+,32-,33+,34+,35-,36+/m0/s1. The van der Waals surface area contributed by atoms with Gasteiger partial charge in [-0.2, -0.15) is 0 Å². The average Bonchev–Trinajstić information content (AvgIpc) is 2.94. The normalized spacial score (nSPS) is 54.6. The summed E-state index contributed by atoms with van der Waals surface area (Å²) in [6.07, 6.45) is 3.86. The minimum absolute atomic E-state index is 0.0245. The number of carboxylic acid groups (broad SMARTS) is 1. The first-order valence-corrected chi connectivity index (χ1v) is 17.2. The van der Waals surface area contributed by atoms with E-state index >= 15 is 0 Å². The third-order valence-electron chi connectivity index (χ3n) is 15.7. The Morgan fingerprint density at radius 2 is 1.52 bits per heavy atom. The van der Waals surface area contributed by atoms with E-state index < -0.39 is 59.5 Å². The fourth-order valence-electron chi connectivity index (χ4n) is 12.6. The topological polar surface area (TPSA) is 148 Å². The second kappa shape index (κ2) is 9.99. The van der Waals surface area contributed by atoms with Crippen LogP contribution in [0.2, 0.25) is 0 Å². The highest BCUT2D eigenvalue weighted by Gasteiger charge is 2.72. The second-order valence-corrected chi connectivity index (χ2v) is 18.1. The van der Waals surface area contributed by atoms with Gasteiger partial charge in [0.25, 0.3) is 0 Å². The lowest BCUT2D eigenvalue weighted by Gasteiger charge is -2.72. The van der Waals surface area contributed by atoms with Crippen LogP contribution in [0, 0.1) is 50.2 Å². The van der Waals surface area contributed by atoms with E-state index in [1.807, 2.05) is 0 Å². The fourth-order valence-corrected chi connectivity index (χ4v) is 12.6. The maximum atomic E-state index is 12.9. The number of aliphatic carboxylic acids is 1. The molecule has 1 saturated heterocycles. The van der Waals surface area contributed by atoms with Gasteiger partial charge in [-0.15, -0.1) is 0 Å². The number of carbonyl (C=O) groups is 1. The van der Waals surface area contributed by atoms with E-state index in [9.17, 15) is 35.4 Å². The van der Waals surface area contributed by atoms with E-state index in [-0.39, 0.29) is 33.5 Å². The maximum Gasteiger partial charge on any atom is 0.310 e. The molecule has 0 aromatic carbocycles. The Balaban J connectivity index is 1.36. The van der Waals surface area contributed by atoms with E-state index in [2.05, 4.69) is 54.5 Å². The molecule has 44 heavy (non-hydrogen) atoms. The lowest BCUT2D eigenvalue weighted by atomic mass is 9.32. The van der Waals surface area contributed by atoms with Gasteiger partial charge in [0.05, 0.1) is 17.6 Å². The van der Waals surface area contributed by atoms with Crippen LogP contribution in [0.4, 0.5) is 0 Å². The zero-order valence-electron chi connectivity index (χ0n) is 28.0. The van der Waals surface area contributed by atoms with E-state index in [1.165, 1.54) is 5.57 Å². The summed E-state index contributed by atoms with van der Waals surface area (Å²) in [5.41, 5.74) is -1.57. The molecule has 6 aliphatic rings. The predicted octanol–water partition coefficient (Wildman–Crippen LogP) is 4.45. The number of aliphatic hydroxyl groups is 5. The molecule has 0 aromatic heterocycles. The minimum atomic E-state index is -1.52. The zero-order chi connectivity index (χ0) is 32.5. The first-order chi connectivity index (χ1) is 20.3. The highest BCUT2D eigenvalue weighted by atomic mass is 16.6. The molecule has 250 valence electrons. The van der Waals surface area contributed by atoms with Crippen molar-refractivity contribution in [2.45, 2.75) is 149 Å². The summed E-state index contributed by atoms with van der Waals surface area (Å²) in [6, 6.07) is 0. The van der Waals surface area contributed by atoms with Gasteiger partial charge in [0.2, 0.25) is 0 Å². The quantitative estimate of drug-likeness (QED) is 0.254. The Morgan fingerprint density at radius 3 is 2.16 bits per heavy atom. The summed E-state index contributed by atoms with van der Waals surface area (Å²) in [6.45, 7) is 15.5. The Hall–Kier alpha value is -1.03. The molecule has 0 amide bonds. The zero-order valence-corrected chi connectivity index (χ0v) is 28.0. The van der Waals surface area contributed by atoms with Crippen molar-refractivity contribution in [1.29, 1.82) is 0 Å². The molecule has 5 aliphatic carbocycles. The van der Waals surface area contributed by atoms with Crippen molar-refractivity contribution >= 4 is 5.97 Å². The molecule has 13 atom stereocenters. The maximum absolute atomic E-state index is 12.9. The molecule has 8 heteroatoms. The summed E-state index contributed by atoms with van der Waals surface area (Å²) in [7, 11) is 0.